The summed E-state index contributed by atoms with van der Waals surface area (Å²) in [5.74, 6) is 4.47. The van der Waals surface area contributed by atoms with Crippen molar-refractivity contribution in [2.75, 3.05) is 0 Å². The van der Waals surface area contributed by atoms with Gasteiger partial charge in [0.05, 0.1) is 0 Å². The summed E-state index contributed by atoms with van der Waals surface area (Å²) < 4.78 is 0. The SMILES string of the molecule is C[C@@H]1C(=O)CCC2(C)C3CCC4(C)CCCC4C3CCC12. The predicted octanol–water partition coefficient (Wildman–Crippen LogP) is 5.23. The van der Waals surface area contributed by atoms with Gasteiger partial charge in [-0.1, -0.05) is 27.2 Å². The Morgan fingerprint density at radius 2 is 1.71 bits per heavy atom. The Morgan fingerprint density at radius 3 is 2.52 bits per heavy atom. The number of ketones is 1. The summed E-state index contributed by atoms with van der Waals surface area (Å²) in [5.41, 5.74) is 1.14. The second-order valence-corrected chi connectivity index (χ2v) is 9.41. The van der Waals surface area contributed by atoms with Gasteiger partial charge in [-0.25, -0.2) is 0 Å². The third kappa shape index (κ3) is 1.85. The van der Waals surface area contributed by atoms with Gasteiger partial charge in [0.25, 0.3) is 0 Å². The van der Waals surface area contributed by atoms with E-state index in [1.165, 1.54) is 51.4 Å². The number of Topliss-reactive ketones (excluding diaryl/α,β-unsaturated/α-hetero) is 1. The Morgan fingerprint density at radius 1 is 0.905 bits per heavy atom. The van der Waals surface area contributed by atoms with Crippen molar-refractivity contribution in [3.05, 3.63) is 0 Å². The van der Waals surface area contributed by atoms with Crippen LogP contribution < -0.4 is 0 Å². The van der Waals surface area contributed by atoms with Crippen LogP contribution in [0.15, 0.2) is 0 Å². The molecule has 0 heterocycles. The molecule has 4 aliphatic rings. The summed E-state index contributed by atoms with van der Waals surface area (Å²) in [6.07, 6.45) is 12.2. The first-order valence-corrected chi connectivity index (χ1v) is 9.48. The third-order valence-electron chi connectivity index (χ3n) is 8.74. The molecule has 6 unspecified atom stereocenters. The first-order chi connectivity index (χ1) is 9.96. The number of carbonyl (C=O) groups excluding carboxylic acids is 1. The molecular weight excluding hydrogens is 256 g/mol. The number of fused-ring (bicyclic) bond motifs is 5. The lowest BCUT2D eigenvalue weighted by molar-refractivity contribution is -0.148. The smallest absolute Gasteiger partial charge is 0.136 e. The van der Waals surface area contributed by atoms with Crippen LogP contribution in [0.2, 0.25) is 0 Å². The maximum Gasteiger partial charge on any atom is 0.136 e. The van der Waals surface area contributed by atoms with E-state index < -0.39 is 0 Å². The minimum Gasteiger partial charge on any atom is -0.299 e. The minimum absolute atomic E-state index is 0.335. The molecule has 0 N–H and O–H groups in total. The normalized spacial score (nSPS) is 56.5. The van der Waals surface area contributed by atoms with E-state index in [-0.39, 0.29) is 0 Å². The molecule has 0 bridgehead atoms. The van der Waals surface area contributed by atoms with Crippen molar-refractivity contribution in [2.24, 2.45) is 40.4 Å². The molecule has 4 rings (SSSR count). The fourth-order valence-corrected chi connectivity index (χ4v) is 7.52. The van der Waals surface area contributed by atoms with Crippen LogP contribution in [0.4, 0.5) is 0 Å². The Kier molecular flexibility index (Phi) is 3.12. The van der Waals surface area contributed by atoms with Crippen LogP contribution in [0.1, 0.15) is 78.6 Å². The molecule has 1 heteroatoms. The van der Waals surface area contributed by atoms with Crippen LogP contribution >= 0.6 is 0 Å². The molecule has 1 nitrogen and oxygen atoms in total. The average Bonchev–Trinajstić information content (AvgIpc) is 2.85. The van der Waals surface area contributed by atoms with E-state index in [0.717, 1.165) is 24.2 Å². The summed E-state index contributed by atoms with van der Waals surface area (Å²) in [6.45, 7) is 7.38. The molecule has 4 fully saturated rings. The van der Waals surface area contributed by atoms with Crippen LogP contribution in [0.25, 0.3) is 0 Å². The lowest BCUT2D eigenvalue weighted by Crippen LogP contribution is -2.54. The Hall–Kier alpha value is -0.330. The summed E-state index contributed by atoms with van der Waals surface area (Å²) in [5, 5.41) is 0. The Balaban J connectivity index is 1.66. The highest BCUT2D eigenvalue weighted by molar-refractivity contribution is 5.82. The molecule has 0 saturated heterocycles. The molecule has 0 amide bonds. The molecule has 0 aromatic heterocycles. The fourth-order valence-electron chi connectivity index (χ4n) is 7.52. The van der Waals surface area contributed by atoms with Crippen molar-refractivity contribution >= 4 is 5.78 Å². The molecule has 0 aromatic carbocycles. The maximum atomic E-state index is 12.2. The number of rotatable bonds is 0. The first-order valence-electron chi connectivity index (χ1n) is 9.48. The van der Waals surface area contributed by atoms with Gasteiger partial charge in [0.15, 0.2) is 0 Å². The molecule has 0 spiro atoms. The van der Waals surface area contributed by atoms with E-state index in [9.17, 15) is 4.79 Å². The van der Waals surface area contributed by atoms with Crippen molar-refractivity contribution in [1.29, 1.82) is 0 Å². The number of carbonyl (C=O) groups is 1. The molecule has 0 aromatic rings. The van der Waals surface area contributed by atoms with E-state index in [2.05, 4.69) is 20.8 Å². The zero-order valence-electron chi connectivity index (χ0n) is 14.2. The summed E-state index contributed by atoms with van der Waals surface area (Å²) in [4.78, 5) is 12.2. The average molecular weight is 288 g/mol. The van der Waals surface area contributed by atoms with Crippen LogP contribution in [0, 0.1) is 40.4 Å². The van der Waals surface area contributed by atoms with Gasteiger partial charge >= 0.3 is 0 Å². The summed E-state index contributed by atoms with van der Waals surface area (Å²) in [6, 6.07) is 0. The first kappa shape index (κ1) is 14.3. The molecule has 0 aliphatic heterocycles. The number of hydrogen-bond acceptors (Lipinski definition) is 1. The van der Waals surface area contributed by atoms with Crippen molar-refractivity contribution in [3.8, 4) is 0 Å². The van der Waals surface area contributed by atoms with E-state index >= 15 is 0 Å². The second-order valence-electron chi connectivity index (χ2n) is 9.41. The van der Waals surface area contributed by atoms with Crippen LogP contribution in [-0.4, -0.2) is 5.78 Å². The maximum absolute atomic E-state index is 12.2. The van der Waals surface area contributed by atoms with Crippen molar-refractivity contribution in [1.82, 2.24) is 0 Å². The van der Waals surface area contributed by atoms with E-state index in [0.29, 0.717) is 28.4 Å². The summed E-state index contributed by atoms with van der Waals surface area (Å²) >= 11 is 0. The second kappa shape index (κ2) is 4.59. The highest BCUT2D eigenvalue weighted by atomic mass is 16.1. The van der Waals surface area contributed by atoms with Crippen LogP contribution in [0.5, 0.6) is 0 Å². The predicted molar refractivity (Wildman–Crippen MR) is 85.9 cm³/mol. The van der Waals surface area contributed by atoms with Crippen LogP contribution in [-0.2, 0) is 4.79 Å². The highest BCUT2D eigenvalue weighted by Crippen LogP contribution is 2.66. The molecular formula is C20H32O. The van der Waals surface area contributed by atoms with Crippen LogP contribution in [0.3, 0.4) is 0 Å². The van der Waals surface area contributed by atoms with Gasteiger partial charge < -0.3 is 0 Å². The largest absolute Gasteiger partial charge is 0.299 e. The fraction of sp³-hybridized carbons (Fsp3) is 0.950. The van der Waals surface area contributed by atoms with Crippen molar-refractivity contribution < 1.29 is 4.79 Å². The van der Waals surface area contributed by atoms with Gasteiger partial charge in [-0.15, -0.1) is 0 Å². The minimum atomic E-state index is 0.335. The molecule has 0 radical (unpaired) electrons. The Labute approximate surface area is 130 Å². The van der Waals surface area contributed by atoms with Gasteiger partial charge in [-0.05, 0) is 79.4 Å². The molecule has 4 saturated carbocycles. The van der Waals surface area contributed by atoms with Gasteiger partial charge in [0, 0.05) is 12.3 Å². The molecule has 21 heavy (non-hydrogen) atoms. The Bertz CT molecular complexity index is 455. The topological polar surface area (TPSA) is 17.1 Å². The van der Waals surface area contributed by atoms with E-state index in [1.54, 1.807) is 0 Å². The quantitative estimate of drug-likeness (QED) is 0.596. The lowest BCUT2D eigenvalue weighted by atomic mass is 9.44. The molecule has 118 valence electrons. The van der Waals surface area contributed by atoms with E-state index in [1.807, 2.05) is 0 Å². The summed E-state index contributed by atoms with van der Waals surface area (Å²) in [7, 11) is 0. The van der Waals surface area contributed by atoms with E-state index in [4.69, 9.17) is 0 Å². The molecule has 7 atom stereocenters. The van der Waals surface area contributed by atoms with Crippen molar-refractivity contribution in [2.45, 2.75) is 78.6 Å². The zero-order chi connectivity index (χ0) is 14.8. The van der Waals surface area contributed by atoms with Gasteiger partial charge in [-0.3, -0.25) is 4.79 Å². The number of hydrogen-bond donors (Lipinski definition) is 0. The standard InChI is InChI=1S/C20H32O/c1-13-15-7-6-14-16-5-4-10-19(16,2)11-8-17(14)20(15,3)12-9-18(13)21/h13-17H,4-12H2,1-3H3/t13-,14?,15?,16?,17?,19?,20?/m0/s1. The monoisotopic (exact) mass is 288 g/mol. The van der Waals surface area contributed by atoms with Gasteiger partial charge in [-0.2, -0.15) is 0 Å². The zero-order valence-corrected chi connectivity index (χ0v) is 14.2. The van der Waals surface area contributed by atoms with Gasteiger partial charge in [0.2, 0.25) is 0 Å². The van der Waals surface area contributed by atoms with Gasteiger partial charge in [0.1, 0.15) is 5.78 Å². The highest BCUT2D eigenvalue weighted by Gasteiger charge is 2.59. The lowest BCUT2D eigenvalue weighted by Gasteiger charge is -2.60. The third-order valence-corrected chi connectivity index (χ3v) is 8.74. The van der Waals surface area contributed by atoms with Crippen molar-refractivity contribution in [3.63, 3.8) is 0 Å². The molecule has 4 aliphatic carbocycles.